The summed E-state index contributed by atoms with van der Waals surface area (Å²) in [5.41, 5.74) is 0. The minimum absolute atomic E-state index is 1.51. The number of hydrogen-bond acceptors (Lipinski definition) is 0. The lowest BCUT2D eigenvalue weighted by Crippen LogP contribution is -1.92. The zero-order chi connectivity index (χ0) is 5.21. The van der Waals surface area contributed by atoms with Gasteiger partial charge in [0.15, 0.2) is 0 Å². The SMILES string of the molecule is C#CC(Cl)(Cl)Cl. The van der Waals surface area contributed by atoms with E-state index in [9.17, 15) is 0 Å². The van der Waals surface area contributed by atoms with Crippen LogP contribution in [0.5, 0.6) is 0 Å². The lowest BCUT2D eigenvalue weighted by Gasteiger charge is -1.94. The number of halogens is 3. The zero-order valence-electron chi connectivity index (χ0n) is 2.71. The molecule has 0 aromatic carbocycles. The Labute approximate surface area is 51.4 Å². The predicted molar refractivity (Wildman–Crippen MR) is 29.1 cm³/mol. The van der Waals surface area contributed by atoms with Gasteiger partial charge in [-0.2, -0.15) is 0 Å². The van der Waals surface area contributed by atoms with E-state index >= 15 is 0 Å². The van der Waals surface area contributed by atoms with Crippen molar-refractivity contribution in [2.75, 3.05) is 0 Å². The van der Waals surface area contributed by atoms with Crippen molar-refractivity contribution in [3.63, 3.8) is 0 Å². The third-order valence-corrected chi connectivity index (χ3v) is 0.491. The normalized spacial score (nSPS) is 10.3. The molecule has 0 aliphatic carbocycles. The highest BCUT2D eigenvalue weighted by Gasteiger charge is 2.12. The minimum Gasteiger partial charge on any atom is -0.116 e. The molecule has 0 aliphatic heterocycles. The molecule has 0 amide bonds. The van der Waals surface area contributed by atoms with Gasteiger partial charge in [0, 0.05) is 0 Å². The molecule has 0 unspecified atom stereocenters. The molecular formula is C3HCl3. The van der Waals surface area contributed by atoms with Gasteiger partial charge in [-0.3, -0.25) is 0 Å². The monoisotopic (exact) mass is 142 g/mol. The first-order valence-corrected chi connectivity index (χ1v) is 2.24. The van der Waals surface area contributed by atoms with Gasteiger partial charge in [0.05, 0.1) is 0 Å². The fourth-order valence-electron chi connectivity index (χ4n) is 0. The predicted octanol–water partition coefficient (Wildman–Crippen LogP) is 1.99. The Hall–Kier alpha value is 0.430. The molecule has 0 N–H and O–H groups in total. The van der Waals surface area contributed by atoms with E-state index in [0.29, 0.717) is 0 Å². The van der Waals surface area contributed by atoms with E-state index in [1.54, 1.807) is 0 Å². The van der Waals surface area contributed by atoms with Crippen LogP contribution in [0.25, 0.3) is 0 Å². The van der Waals surface area contributed by atoms with Gasteiger partial charge in [-0.05, 0) is 0 Å². The van der Waals surface area contributed by atoms with Gasteiger partial charge in [-0.1, -0.05) is 40.7 Å². The summed E-state index contributed by atoms with van der Waals surface area (Å²) < 4.78 is -1.51. The summed E-state index contributed by atoms with van der Waals surface area (Å²) in [5, 5.41) is 0. The number of alkyl halides is 3. The van der Waals surface area contributed by atoms with Crippen LogP contribution in [0.15, 0.2) is 0 Å². The molecule has 3 heteroatoms. The molecule has 6 heavy (non-hydrogen) atoms. The highest BCUT2D eigenvalue weighted by atomic mass is 35.6. The molecule has 0 aliphatic rings. The summed E-state index contributed by atoms with van der Waals surface area (Å²) in [6.45, 7) is 0. The molecule has 0 heterocycles. The lowest BCUT2D eigenvalue weighted by atomic mass is 10.8. The van der Waals surface area contributed by atoms with Crippen LogP contribution in [0.1, 0.15) is 0 Å². The summed E-state index contributed by atoms with van der Waals surface area (Å²) in [7, 11) is 0. The van der Waals surface area contributed by atoms with Gasteiger partial charge in [0.1, 0.15) is 0 Å². The molecule has 0 aromatic rings. The minimum atomic E-state index is -1.51. The highest BCUT2D eigenvalue weighted by molar-refractivity contribution is 6.69. The summed E-state index contributed by atoms with van der Waals surface area (Å²) in [4.78, 5) is 0. The summed E-state index contributed by atoms with van der Waals surface area (Å²) in [5.74, 6) is 1.90. The van der Waals surface area contributed by atoms with E-state index in [1.165, 1.54) is 0 Å². The molecule has 0 rings (SSSR count). The van der Waals surface area contributed by atoms with Crippen LogP contribution in [0, 0.1) is 12.3 Å². The highest BCUT2D eigenvalue weighted by Crippen LogP contribution is 2.23. The largest absolute Gasteiger partial charge is 0.252 e. The standard InChI is InChI=1S/C3HCl3/c1-2-3(4,5)6/h1H. The van der Waals surface area contributed by atoms with Crippen molar-refractivity contribution in [3.8, 4) is 12.3 Å². The molecule has 34 valence electrons. The van der Waals surface area contributed by atoms with E-state index in [0.717, 1.165) is 0 Å². The quantitative estimate of drug-likeness (QED) is 0.359. The molecule has 0 radical (unpaired) electrons. The van der Waals surface area contributed by atoms with Crippen LogP contribution in [-0.2, 0) is 0 Å². The summed E-state index contributed by atoms with van der Waals surface area (Å²) in [6, 6.07) is 0. The van der Waals surface area contributed by atoms with E-state index in [4.69, 9.17) is 34.8 Å². The Bertz CT molecular complexity index is 73.0. The molecular weight excluding hydrogens is 142 g/mol. The van der Waals surface area contributed by atoms with E-state index in [-0.39, 0.29) is 0 Å². The molecule has 0 saturated heterocycles. The summed E-state index contributed by atoms with van der Waals surface area (Å²) in [6.07, 6.45) is 4.66. The Morgan fingerprint density at radius 3 is 1.50 bits per heavy atom. The van der Waals surface area contributed by atoms with Crippen molar-refractivity contribution >= 4 is 34.8 Å². The summed E-state index contributed by atoms with van der Waals surface area (Å²) >= 11 is 15.0. The first-order valence-electron chi connectivity index (χ1n) is 1.11. The second-order valence-corrected chi connectivity index (χ2v) is 2.92. The van der Waals surface area contributed by atoms with Crippen molar-refractivity contribution in [3.05, 3.63) is 0 Å². The van der Waals surface area contributed by atoms with Gasteiger partial charge in [0.25, 0.3) is 3.79 Å². The third-order valence-electron chi connectivity index (χ3n) is 0.164. The molecule has 0 bridgehead atoms. The van der Waals surface area contributed by atoms with Gasteiger partial charge in [-0.25, -0.2) is 0 Å². The van der Waals surface area contributed by atoms with Gasteiger partial charge in [-0.15, -0.1) is 6.42 Å². The first kappa shape index (κ1) is 6.43. The lowest BCUT2D eigenvalue weighted by molar-refractivity contribution is 1.57. The van der Waals surface area contributed by atoms with E-state index in [1.807, 2.05) is 5.92 Å². The van der Waals surface area contributed by atoms with Crippen molar-refractivity contribution < 1.29 is 0 Å². The second kappa shape index (κ2) is 1.93. The topological polar surface area (TPSA) is 0 Å². The molecule has 0 atom stereocenters. The average molecular weight is 143 g/mol. The fraction of sp³-hybridized carbons (Fsp3) is 0.333. The first-order chi connectivity index (χ1) is 2.56. The Kier molecular flexibility index (Phi) is 2.07. The number of terminal acetylenes is 1. The number of hydrogen-bond donors (Lipinski definition) is 0. The van der Waals surface area contributed by atoms with Crippen molar-refractivity contribution in [2.45, 2.75) is 3.79 Å². The van der Waals surface area contributed by atoms with Crippen molar-refractivity contribution in [1.82, 2.24) is 0 Å². The Morgan fingerprint density at radius 1 is 1.33 bits per heavy atom. The van der Waals surface area contributed by atoms with Crippen LogP contribution in [0.2, 0.25) is 0 Å². The van der Waals surface area contributed by atoms with E-state index in [2.05, 4.69) is 6.42 Å². The van der Waals surface area contributed by atoms with Crippen LogP contribution < -0.4 is 0 Å². The van der Waals surface area contributed by atoms with Crippen LogP contribution in [0.3, 0.4) is 0 Å². The fourth-order valence-corrected chi connectivity index (χ4v) is 0. The van der Waals surface area contributed by atoms with Gasteiger partial charge in [0.2, 0.25) is 0 Å². The average Bonchev–Trinajstić information content (AvgIpc) is 1.35. The maximum atomic E-state index is 5.01. The Balaban J connectivity index is 3.55. The second-order valence-electron chi connectivity index (χ2n) is 0.642. The van der Waals surface area contributed by atoms with Crippen LogP contribution in [-0.4, -0.2) is 3.79 Å². The molecule has 0 saturated carbocycles. The zero-order valence-corrected chi connectivity index (χ0v) is 4.98. The van der Waals surface area contributed by atoms with Gasteiger partial charge >= 0.3 is 0 Å². The van der Waals surface area contributed by atoms with E-state index < -0.39 is 3.79 Å². The maximum absolute atomic E-state index is 5.01. The van der Waals surface area contributed by atoms with Crippen LogP contribution in [0.4, 0.5) is 0 Å². The number of rotatable bonds is 0. The smallest absolute Gasteiger partial charge is 0.116 e. The van der Waals surface area contributed by atoms with Gasteiger partial charge < -0.3 is 0 Å². The van der Waals surface area contributed by atoms with Crippen LogP contribution >= 0.6 is 34.8 Å². The van der Waals surface area contributed by atoms with Crippen molar-refractivity contribution in [2.24, 2.45) is 0 Å². The Morgan fingerprint density at radius 2 is 1.50 bits per heavy atom. The van der Waals surface area contributed by atoms with Crippen molar-refractivity contribution in [1.29, 1.82) is 0 Å². The molecule has 0 spiro atoms. The molecule has 0 aromatic heterocycles. The molecule has 0 fully saturated rings. The third kappa shape index (κ3) is 4.43. The maximum Gasteiger partial charge on any atom is 0.252 e. The molecule has 0 nitrogen and oxygen atoms in total.